The number of benzene rings is 1. The predicted molar refractivity (Wildman–Crippen MR) is 88.3 cm³/mol. The fourth-order valence-electron chi connectivity index (χ4n) is 3.54. The van der Waals surface area contributed by atoms with Crippen LogP contribution >= 0.6 is 0 Å². The van der Waals surface area contributed by atoms with Crippen molar-refractivity contribution in [1.82, 2.24) is 10.2 Å². The van der Waals surface area contributed by atoms with Gasteiger partial charge in [-0.15, -0.1) is 0 Å². The number of hydrogen-bond acceptors (Lipinski definition) is 3. The molecule has 1 heterocycles. The second kappa shape index (κ2) is 7.39. The van der Waals surface area contributed by atoms with Crippen LogP contribution in [0.1, 0.15) is 45.2 Å². The van der Waals surface area contributed by atoms with Crippen molar-refractivity contribution in [2.45, 2.75) is 45.8 Å². The molecule has 1 aliphatic rings. The van der Waals surface area contributed by atoms with Crippen molar-refractivity contribution in [1.29, 1.82) is 0 Å². The molecule has 21 heavy (non-hydrogen) atoms. The maximum atomic E-state index is 9.88. The van der Waals surface area contributed by atoms with Crippen molar-refractivity contribution in [3.63, 3.8) is 0 Å². The summed E-state index contributed by atoms with van der Waals surface area (Å²) in [6, 6.07) is 11.0. The molecule has 0 spiro atoms. The molecule has 1 fully saturated rings. The highest BCUT2D eigenvalue weighted by Crippen LogP contribution is 2.34. The minimum Gasteiger partial charge on any atom is -0.392 e. The lowest BCUT2D eigenvalue weighted by Gasteiger charge is -2.41. The van der Waals surface area contributed by atoms with Crippen molar-refractivity contribution in [3.8, 4) is 0 Å². The summed E-state index contributed by atoms with van der Waals surface area (Å²) >= 11 is 0. The fraction of sp³-hybridized carbons (Fsp3) is 0.667. The molecule has 3 nitrogen and oxygen atoms in total. The summed E-state index contributed by atoms with van der Waals surface area (Å²) in [6.45, 7) is 10.7. The van der Waals surface area contributed by atoms with E-state index < -0.39 is 0 Å². The lowest BCUT2D eigenvalue weighted by atomic mass is 9.79. The third-order valence-corrected chi connectivity index (χ3v) is 4.43. The van der Waals surface area contributed by atoms with Gasteiger partial charge in [0, 0.05) is 19.1 Å². The van der Waals surface area contributed by atoms with Crippen molar-refractivity contribution in [2.75, 3.05) is 26.2 Å². The summed E-state index contributed by atoms with van der Waals surface area (Å²) in [5.74, 6) is 0. The summed E-state index contributed by atoms with van der Waals surface area (Å²) in [5.41, 5.74) is 1.47. The number of hydrogen-bond donors (Lipinski definition) is 2. The average molecular weight is 290 g/mol. The number of nitrogens with one attached hydrogen (secondary N) is 1. The van der Waals surface area contributed by atoms with Crippen molar-refractivity contribution in [2.24, 2.45) is 5.41 Å². The van der Waals surface area contributed by atoms with Gasteiger partial charge in [0.15, 0.2) is 0 Å². The first-order valence-electron chi connectivity index (χ1n) is 8.21. The number of aliphatic hydroxyl groups excluding tert-OH is 1. The van der Waals surface area contributed by atoms with Crippen LogP contribution in [0.3, 0.4) is 0 Å². The zero-order valence-electron chi connectivity index (χ0n) is 13.7. The SMILES string of the molecule is CCNC(c1ccccc1)C(C)(C)CN1CCCC(O)C1. The van der Waals surface area contributed by atoms with Crippen LogP contribution < -0.4 is 5.32 Å². The Labute approximate surface area is 129 Å². The molecule has 2 rings (SSSR count). The molecule has 3 heteroatoms. The standard InChI is InChI=1S/C18H30N2O/c1-4-19-17(15-9-6-5-7-10-15)18(2,3)14-20-12-8-11-16(21)13-20/h5-7,9-10,16-17,19,21H,4,8,11-14H2,1-3H3. The van der Waals surface area contributed by atoms with Crippen LogP contribution in [-0.2, 0) is 0 Å². The second-order valence-electron chi connectivity index (χ2n) is 6.92. The zero-order chi connectivity index (χ0) is 15.3. The maximum absolute atomic E-state index is 9.88. The van der Waals surface area contributed by atoms with Gasteiger partial charge in [-0.3, -0.25) is 0 Å². The third kappa shape index (κ3) is 4.53. The van der Waals surface area contributed by atoms with Crippen LogP contribution in [0.5, 0.6) is 0 Å². The van der Waals surface area contributed by atoms with Gasteiger partial charge in [-0.25, -0.2) is 0 Å². The van der Waals surface area contributed by atoms with Gasteiger partial charge in [0.2, 0.25) is 0 Å². The predicted octanol–water partition coefficient (Wildman–Crippen LogP) is 2.82. The van der Waals surface area contributed by atoms with Crippen molar-refractivity contribution in [3.05, 3.63) is 35.9 Å². The number of β-amino-alcohol motifs (C(OH)–C–C–N with tert-alkyl or cyclic N) is 1. The number of nitrogens with zero attached hydrogens (tertiary/aromatic N) is 1. The third-order valence-electron chi connectivity index (χ3n) is 4.43. The molecule has 0 radical (unpaired) electrons. The highest BCUT2D eigenvalue weighted by molar-refractivity contribution is 5.21. The minimum absolute atomic E-state index is 0.119. The molecule has 0 amide bonds. The smallest absolute Gasteiger partial charge is 0.0667 e. The lowest BCUT2D eigenvalue weighted by molar-refractivity contribution is 0.0413. The van der Waals surface area contributed by atoms with Crippen molar-refractivity contribution < 1.29 is 5.11 Å². The van der Waals surface area contributed by atoms with Gasteiger partial charge in [0.1, 0.15) is 0 Å². The monoisotopic (exact) mass is 290 g/mol. The van der Waals surface area contributed by atoms with Crippen LogP contribution in [-0.4, -0.2) is 42.3 Å². The van der Waals surface area contributed by atoms with Gasteiger partial charge in [-0.2, -0.15) is 0 Å². The molecule has 118 valence electrons. The zero-order valence-corrected chi connectivity index (χ0v) is 13.7. The summed E-state index contributed by atoms with van der Waals surface area (Å²) in [6.07, 6.45) is 1.91. The van der Waals surface area contributed by atoms with Crippen LogP contribution in [0.4, 0.5) is 0 Å². The molecule has 1 aliphatic heterocycles. The Balaban J connectivity index is 2.10. The lowest BCUT2D eigenvalue weighted by Crippen LogP contribution is -2.47. The molecule has 1 saturated heterocycles. The Morgan fingerprint density at radius 3 is 2.67 bits per heavy atom. The summed E-state index contributed by atoms with van der Waals surface area (Å²) in [5, 5.41) is 13.5. The molecule has 0 aromatic heterocycles. The molecule has 0 aliphatic carbocycles. The van der Waals surface area contributed by atoms with E-state index in [-0.39, 0.29) is 11.5 Å². The van der Waals surface area contributed by atoms with Crippen LogP contribution in [0.25, 0.3) is 0 Å². The van der Waals surface area contributed by atoms with Crippen molar-refractivity contribution >= 4 is 0 Å². The van der Waals surface area contributed by atoms with E-state index in [4.69, 9.17) is 0 Å². The van der Waals surface area contributed by atoms with Crippen LogP contribution in [0.15, 0.2) is 30.3 Å². The number of likely N-dealkylation sites (tertiary alicyclic amines) is 1. The van der Waals surface area contributed by atoms with E-state index in [1.54, 1.807) is 0 Å². The molecule has 1 aromatic rings. The van der Waals surface area contributed by atoms with E-state index >= 15 is 0 Å². The Bertz CT molecular complexity index is 418. The van der Waals surface area contributed by atoms with E-state index in [9.17, 15) is 5.11 Å². The molecule has 2 unspecified atom stereocenters. The Kier molecular flexibility index (Phi) is 5.80. The van der Waals surface area contributed by atoms with Crippen LogP contribution in [0, 0.1) is 5.41 Å². The quantitative estimate of drug-likeness (QED) is 0.845. The average Bonchev–Trinajstić information content (AvgIpc) is 2.45. The normalized spacial score (nSPS) is 22.2. The number of piperidine rings is 1. The number of rotatable bonds is 6. The first-order chi connectivity index (χ1) is 10.0. The molecule has 0 saturated carbocycles. The Morgan fingerprint density at radius 2 is 2.05 bits per heavy atom. The van der Waals surface area contributed by atoms with Gasteiger partial charge >= 0.3 is 0 Å². The minimum atomic E-state index is -0.149. The van der Waals surface area contributed by atoms with E-state index in [1.807, 2.05) is 0 Å². The van der Waals surface area contributed by atoms with E-state index in [1.165, 1.54) is 5.56 Å². The van der Waals surface area contributed by atoms with E-state index in [2.05, 4.69) is 61.3 Å². The molecule has 2 atom stereocenters. The molecular weight excluding hydrogens is 260 g/mol. The first kappa shape index (κ1) is 16.5. The van der Waals surface area contributed by atoms with Gasteiger partial charge in [0.05, 0.1) is 6.10 Å². The largest absolute Gasteiger partial charge is 0.392 e. The summed E-state index contributed by atoms with van der Waals surface area (Å²) in [4.78, 5) is 2.42. The summed E-state index contributed by atoms with van der Waals surface area (Å²) in [7, 11) is 0. The summed E-state index contributed by atoms with van der Waals surface area (Å²) < 4.78 is 0. The van der Waals surface area contributed by atoms with Crippen LogP contribution in [0.2, 0.25) is 0 Å². The van der Waals surface area contributed by atoms with E-state index in [0.717, 1.165) is 39.0 Å². The molecule has 0 bridgehead atoms. The highest BCUT2D eigenvalue weighted by atomic mass is 16.3. The Morgan fingerprint density at radius 1 is 1.33 bits per heavy atom. The second-order valence-corrected chi connectivity index (χ2v) is 6.92. The fourth-order valence-corrected chi connectivity index (χ4v) is 3.54. The highest BCUT2D eigenvalue weighted by Gasteiger charge is 2.33. The van der Waals surface area contributed by atoms with Gasteiger partial charge in [0.25, 0.3) is 0 Å². The Hall–Kier alpha value is -0.900. The first-order valence-corrected chi connectivity index (χ1v) is 8.21. The van der Waals surface area contributed by atoms with Gasteiger partial charge in [-0.1, -0.05) is 51.1 Å². The van der Waals surface area contributed by atoms with Gasteiger partial charge < -0.3 is 15.3 Å². The van der Waals surface area contributed by atoms with Gasteiger partial charge in [-0.05, 0) is 36.9 Å². The number of aliphatic hydroxyl groups is 1. The molecule has 2 N–H and O–H groups in total. The molecule has 1 aromatic carbocycles. The maximum Gasteiger partial charge on any atom is 0.0667 e. The topological polar surface area (TPSA) is 35.5 Å². The van der Waals surface area contributed by atoms with E-state index in [0.29, 0.717) is 6.04 Å². The molecular formula is C18H30N2O.